The number of benzene rings is 3. The molecule has 0 unspecified atom stereocenters. The maximum atomic E-state index is 13.1. The highest BCUT2D eigenvalue weighted by atomic mass is 16.2. The Morgan fingerprint density at radius 2 is 1.53 bits per heavy atom. The lowest BCUT2D eigenvalue weighted by molar-refractivity contribution is -0.114. The fourth-order valence-corrected chi connectivity index (χ4v) is 3.89. The smallest absolute Gasteiger partial charge is 0.280 e. The molecule has 0 N–H and O–H groups in total. The molecule has 146 valence electrons. The van der Waals surface area contributed by atoms with E-state index in [0.717, 1.165) is 34.4 Å². The first-order chi connectivity index (χ1) is 14.7. The van der Waals surface area contributed by atoms with Gasteiger partial charge in [-0.25, -0.2) is 0 Å². The summed E-state index contributed by atoms with van der Waals surface area (Å²) in [5.41, 5.74) is 5.53. The number of rotatable bonds is 4. The summed E-state index contributed by atoms with van der Waals surface area (Å²) in [6, 6.07) is 28.2. The van der Waals surface area contributed by atoms with Gasteiger partial charge in [-0.05, 0) is 36.8 Å². The molecule has 0 spiro atoms. The molecule has 4 heteroatoms. The van der Waals surface area contributed by atoms with Crippen molar-refractivity contribution in [2.75, 3.05) is 5.01 Å². The fourth-order valence-electron chi connectivity index (χ4n) is 3.89. The highest BCUT2D eigenvalue weighted by molar-refractivity contribution is 6.32. The molecule has 5 rings (SSSR count). The van der Waals surface area contributed by atoms with Crippen molar-refractivity contribution < 1.29 is 4.79 Å². The molecule has 0 bridgehead atoms. The Morgan fingerprint density at radius 3 is 2.30 bits per heavy atom. The first kappa shape index (κ1) is 18.1. The van der Waals surface area contributed by atoms with Gasteiger partial charge in [-0.3, -0.25) is 4.79 Å². The number of carbonyl (C=O) groups is 1. The molecule has 1 aliphatic heterocycles. The van der Waals surface area contributed by atoms with Crippen LogP contribution in [0.3, 0.4) is 0 Å². The maximum absolute atomic E-state index is 13.1. The Bertz CT molecular complexity index is 1280. The SMILES string of the molecule is CC1=NN(c2ccccc2)C(=O)/C1=C\c1cn(Cc2ccccc2)c2ccccc12. The first-order valence-electron chi connectivity index (χ1n) is 9.99. The third-order valence-electron chi connectivity index (χ3n) is 5.38. The van der Waals surface area contributed by atoms with Gasteiger partial charge in [0.05, 0.1) is 17.0 Å². The van der Waals surface area contributed by atoms with Gasteiger partial charge < -0.3 is 4.57 Å². The van der Waals surface area contributed by atoms with Crippen molar-refractivity contribution in [1.29, 1.82) is 0 Å². The fraction of sp³-hybridized carbons (Fsp3) is 0.0769. The Balaban J connectivity index is 1.55. The molecule has 1 aromatic heterocycles. The number of anilines is 1. The number of carbonyl (C=O) groups excluding carboxylic acids is 1. The average molecular weight is 391 g/mol. The number of hydrogen-bond acceptors (Lipinski definition) is 2. The van der Waals surface area contributed by atoms with E-state index in [9.17, 15) is 4.79 Å². The van der Waals surface area contributed by atoms with Gasteiger partial charge in [-0.1, -0.05) is 66.7 Å². The van der Waals surface area contributed by atoms with Crippen LogP contribution in [-0.2, 0) is 11.3 Å². The number of hydrogen-bond donors (Lipinski definition) is 0. The summed E-state index contributed by atoms with van der Waals surface area (Å²) in [7, 11) is 0. The second kappa shape index (κ2) is 7.48. The van der Waals surface area contributed by atoms with Crippen LogP contribution in [-0.4, -0.2) is 16.2 Å². The lowest BCUT2D eigenvalue weighted by Crippen LogP contribution is -2.21. The van der Waals surface area contributed by atoms with Gasteiger partial charge in [0.1, 0.15) is 0 Å². The Labute approximate surface area is 175 Å². The molecular weight excluding hydrogens is 370 g/mol. The minimum Gasteiger partial charge on any atom is -0.342 e. The summed E-state index contributed by atoms with van der Waals surface area (Å²) in [5.74, 6) is -0.0985. The molecule has 4 nitrogen and oxygen atoms in total. The van der Waals surface area contributed by atoms with E-state index >= 15 is 0 Å². The predicted molar refractivity (Wildman–Crippen MR) is 122 cm³/mol. The molecule has 0 atom stereocenters. The van der Waals surface area contributed by atoms with Crippen molar-refractivity contribution in [2.45, 2.75) is 13.5 Å². The van der Waals surface area contributed by atoms with E-state index in [1.165, 1.54) is 10.6 Å². The molecule has 3 aromatic carbocycles. The third kappa shape index (κ3) is 3.22. The average Bonchev–Trinajstić information content (AvgIpc) is 3.27. The standard InChI is InChI=1S/C26H21N3O/c1-19-24(26(30)29(27-19)22-12-6-3-7-13-22)16-21-18-28(17-20-10-4-2-5-11-20)25-15-9-8-14-23(21)25/h2-16,18H,17H2,1H3/b24-16-. The van der Waals surface area contributed by atoms with Crippen molar-refractivity contribution in [2.24, 2.45) is 5.10 Å². The molecule has 1 amide bonds. The number of aromatic nitrogens is 1. The summed E-state index contributed by atoms with van der Waals surface area (Å²) in [6.07, 6.45) is 4.09. The van der Waals surface area contributed by atoms with Crippen LogP contribution in [0, 0.1) is 0 Å². The Kier molecular flexibility index (Phi) is 4.52. The summed E-state index contributed by atoms with van der Waals surface area (Å²) in [4.78, 5) is 13.1. The van der Waals surface area contributed by atoms with E-state index in [-0.39, 0.29) is 5.91 Å². The van der Waals surface area contributed by atoms with Crippen LogP contribution in [0.5, 0.6) is 0 Å². The third-order valence-corrected chi connectivity index (χ3v) is 5.38. The lowest BCUT2D eigenvalue weighted by atomic mass is 10.1. The van der Waals surface area contributed by atoms with Gasteiger partial charge in [-0.2, -0.15) is 10.1 Å². The Morgan fingerprint density at radius 1 is 0.867 bits per heavy atom. The van der Waals surface area contributed by atoms with Crippen LogP contribution in [0.2, 0.25) is 0 Å². The van der Waals surface area contributed by atoms with E-state index in [1.807, 2.05) is 61.5 Å². The van der Waals surface area contributed by atoms with Gasteiger partial charge in [0.15, 0.2) is 0 Å². The summed E-state index contributed by atoms with van der Waals surface area (Å²) in [5, 5.41) is 7.10. The monoisotopic (exact) mass is 391 g/mol. The highest BCUT2D eigenvalue weighted by Gasteiger charge is 2.28. The number of para-hydroxylation sites is 2. The zero-order chi connectivity index (χ0) is 20.5. The number of hydrazone groups is 1. The molecule has 2 heterocycles. The van der Waals surface area contributed by atoms with Crippen LogP contribution in [0.15, 0.2) is 102 Å². The number of amides is 1. The molecule has 4 aromatic rings. The van der Waals surface area contributed by atoms with Crippen molar-refractivity contribution in [3.8, 4) is 0 Å². The van der Waals surface area contributed by atoms with Crippen LogP contribution >= 0.6 is 0 Å². The Hall–Kier alpha value is -3.92. The van der Waals surface area contributed by atoms with E-state index in [4.69, 9.17) is 0 Å². The van der Waals surface area contributed by atoms with Gasteiger partial charge in [-0.15, -0.1) is 0 Å². The van der Waals surface area contributed by atoms with Crippen LogP contribution < -0.4 is 5.01 Å². The van der Waals surface area contributed by atoms with E-state index < -0.39 is 0 Å². The van der Waals surface area contributed by atoms with Crippen molar-refractivity contribution in [3.05, 3.63) is 108 Å². The quantitative estimate of drug-likeness (QED) is 0.424. The normalized spacial score (nSPS) is 15.2. The second-order valence-electron chi connectivity index (χ2n) is 7.41. The highest BCUT2D eigenvalue weighted by Crippen LogP contribution is 2.28. The van der Waals surface area contributed by atoms with Crippen molar-refractivity contribution in [1.82, 2.24) is 4.57 Å². The molecule has 0 radical (unpaired) electrons. The molecule has 0 aliphatic carbocycles. The van der Waals surface area contributed by atoms with E-state index in [1.54, 1.807) is 0 Å². The first-order valence-corrected chi connectivity index (χ1v) is 9.99. The molecule has 1 aliphatic rings. The lowest BCUT2D eigenvalue weighted by Gasteiger charge is -2.10. The number of nitrogens with zero attached hydrogens (tertiary/aromatic N) is 3. The molecule has 0 saturated heterocycles. The van der Waals surface area contributed by atoms with E-state index in [2.05, 4.69) is 52.3 Å². The van der Waals surface area contributed by atoms with Crippen LogP contribution in [0.1, 0.15) is 18.1 Å². The number of fused-ring (bicyclic) bond motifs is 1. The van der Waals surface area contributed by atoms with Gasteiger partial charge in [0, 0.05) is 29.2 Å². The summed E-state index contributed by atoms with van der Waals surface area (Å²) >= 11 is 0. The van der Waals surface area contributed by atoms with Gasteiger partial charge >= 0.3 is 0 Å². The molecule has 30 heavy (non-hydrogen) atoms. The minimum atomic E-state index is -0.0985. The van der Waals surface area contributed by atoms with Crippen molar-refractivity contribution in [3.63, 3.8) is 0 Å². The summed E-state index contributed by atoms with van der Waals surface area (Å²) in [6.45, 7) is 2.66. The van der Waals surface area contributed by atoms with Crippen LogP contribution in [0.4, 0.5) is 5.69 Å². The second-order valence-corrected chi connectivity index (χ2v) is 7.41. The molecular formula is C26H21N3O. The summed E-state index contributed by atoms with van der Waals surface area (Å²) < 4.78 is 2.23. The molecule has 0 fully saturated rings. The zero-order valence-electron chi connectivity index (χ0n) is 16.7. The van der Waals surface area contributed by atoms with Gasteiger partial charge in [0.2, 0.25) is 0 Å². The van der Waals surface area contributed by atoms with Crippen LogP contribution in [0.25, 0.3) is 17.0 Å². The topological polar surface area (TPSA) is 37.6 Å². The predicted octanol–water partition coefficient (Wildman–Crippen LogP) is 5.50. The van der Waals surface area contributed by atoms with Gasteiger partial charge in [0.25, 0.3) is 5.91 Å². The minimum absolute atomic E-state index is 0.0985. The molecule has 0 saturated carbocycles. The van der Waals surface area contributed by atoms with Crippen molar-refractivity contribution >= 4 is 34.3 Å². The maximum Gasteiger partial charge on any atom is 0.280 e. The zero-order valence-corrected chi connectivity index (χ0v) is 16.7. The van der Waals surface area contributed by atoms with E-state index in [0.29, 0.717) is 5.57 Å². The largest absolute Gasteiger partial charge is 0.342 e.